The molecule has 51 heavy (non-hydrogen) atoms. The van der Waals surface area contributed by atoms with E-state index in [-0.39, 0.29) is 65.6 Å². The molecule has 7 rings (SSSR count). The molecule has 12 nitrogen and oxygen atoms in total. The summed E-state index contributed by atoms with van der Waals surface area (Å²) in [5, 5.41) is 37.3. The minimum atomic E-state index is -1.83. The first-order chi connectivity index (χ1) is 23.7. The summed E-state index contributed by atoms with van der Waals surface area (Å²) in [7, 11) is 6.27. The Kier molecular flexibility index (Phi) is 12.8. The summed E-state index contributed by atoms with van der Waals surface area (Å²) < 4.78 is 36.6. The molecule has 1 aliphatic heterocycles. The SMILES string of the molecule is CCN1C[C@]2(COC)[C@H](O)C[C@H](OC)[C@]34C1[C@H]([C@H](OC)[C@H]23)[C@]1(OC(C)=O)[C@H]2[C@@H](OC(=O)c3ccccc3)[C@](O)(C[C@H]24)[C@@H](OC)[C@@H]1O.ClC(Cl)Cl.[Ca+2].[H-].[H-]. The van der Waals surface area contributed by atoms with Crippen molar-refractivity contribution in [1.82, 2.24) is 4.90 Å². The number of benzene rings is 1. The first-order valence-corrected chi connectivity index (χ1v) is 18.3. The Hall–Kier alpha value is -0.0303. The molecule has 284 valence electrons. The molecule has 5 saturated carbocycles. The first-order valence-electron chi connectivity index (χ1n) is 17.0. The van der Waals surface area contributed by atoms with Gasteiger partial charge in [-0.05, 0) is 31.0 Å². The molecule has 16 heteroatoms. The molecule has 1 saturated heterocycles. The van der Waals surface area contributed by atoms with E-state index in [1.54, 1.807) is 51.7 Å². The quantitative estimate of drug-likeness (QED) is 0.191. The molecule has 0 aromatic heterocycles. The Bertz CT molecular complexity index is 1440. The van der Waals surface area contributed by atoms with Gasteiger partial charge in [0.1, 0.15) is 23.9 Å². The van der Waals surface area contributed by atoms with Crippen LogP contribution in [-0.2, 0) is 33.2 Å². The van der Waals surface area contributed by atoms with Crippen molar-refractivity contribution in [3.63, 3.8) is 0 Å². The molecule has 3 N–H and O–H groups in total. The van der Waals surface area contributed by atoms with Gasteiger partial charge in [0.15, 0.2) is 9.90 Å². The molecule has 1 heterocycles. The van der Waals surface area contributed by atoms with Gasteiger partial charge in [-0.15, -0.1) is 0 Å². The maximum atomic E-state index is 13.8. The van der Waals surface area contributed by atoms with E-state index in [2.05, 4.69) is 4.90 Å². The minimum Gasteiger partial charge on any atom is -1.00 e. The fourth-order valence-corrected chi connectivity index (χ4v) is 12.3. The van der Waals surface area contributed by atoms with Crippen LogP contribution in [0.2, 0.25) is 0 Å². The molecular formula is C35H50CaCl3NO11. The van der Waals surface area contributed by atoms with E-state index >= 15 is 0 Å². The number of halogens is 3. The van der Waals surface area contributed by atoms with Crippen molar-refractivity contribution in [2.45, 2.75) is 84.9 Å². The van der Waals surface area contributed by atoms with Crippen molar-refractivity contribution in [3.05, 3.63) is 35.9 Å². The van der Waals surface area contributed by atoms with Gasteiger partial charge in [-0.3, -0.25) is 9.69 Å². The largest absolute Gasteiger partial charge is 2.00 e. The van der Waals surface area contributed by atoms with Crippen molar-refractivity contribution in [1.29, 1.82) is 0 Å². The van der Waals surface area contributed by atoms with E-state index in [1.807, 2.05) is 6.92 Å². The van der Waals surface area contributed by atoms with Crippen LogP contribution in [0.25, 0.3) is 0 Å². The second kappa shape index (κ2) is 15.5. The smallest absolute Gasteiger partial charge is 1.00 e. The monoisotopic (exact) mass is 805 g/mol. The molecule has 7 bridgehead atoms. The molecule has 0 amide bonds. The van der Waals surface area contributed by atoms with Crippen LogP contribution in [0.3, 0.4) is 0 Å². The molecule has 1 aromatic rings. The van der Waals surface area contributed by atoms with Crippen LogP contribution in [0.1, 0.15) is 39.9 Å². The fraction of sp³-hybridized carbons (Fsp3) is 0.771. The number of hydrogen-bond donors (Lipinski definition) is 3. The predicted octanol–water partition coefficient (Wildman–Crippen LogP) is 2.48. The van der Waals surface area contributed by atoms with Crippen molar-refractivity contribution in [2.75, 3.05) is 48.1 Å². The van der Waals surface area contributed by atoms with Crippen LogP contribution in [0.5, 0.6) is 0 Å². The Morgan fingerprint density at radius 1 is 1.02 bits per heavy atom. The van der Waals surface area contributed by atoms with E-state index in [0.29, 0.717) is 25.1 Å². The first kappa shape index (κ1) is 42.1. The molecule has 1 unspecified atom stereocenters. The fourth-order valence-electron chi connectivity index (χ4n) is 12.3. The predicted molar refractivity (Wildman–Crippen MR) is 190 cm³/mol. The zero-order valence-electron chi connectivity index (χ0n) is 31.7. The number of rotatable bonds is 9. The molecule has 5 aliphatic carbocycles. The van der Waals surface area contributed by atoms with Crippen LogP contribution in [0.4, 0.5) is 0 Å². The van der Waals surface area contributed by atoms with Gasteiger partial charge in [0.25, 0.3) is 0 Å². The Balaban J connectivity index is 0.00000103. The van der Waals surface area contributed by atoms with Gasteiger partial charge in [-0.25, -0.2) is 4.79 Å². The number of carbonyl (C=O) groups excluding carboxylic acids is 2. The van der Waals surface area contributed by atoms with Gasteiger partial charge in [-0.1, -0.05) is 59.9 Å². The van der Waals surface area contributed by atoms with Crippen LogP contribution >= 0.6 is 34.8 Å². The molecule has 1 spiro atoms. The summed E-state index contributed by atoms with van der Waals surface area (Å²) in [5.74, 6) is -3.65. The molecule has 0 radical (unpaired) electrons. The Labute approximate surface area is 346 Å². The average molecular weight is 807 g/mol. The van der Waals surface area contributed by atoms with Crippen molar-refractivity contribution < 1.29 is 56.2 Å². The number of alkyl halides is 3. The number of nitrogens with zero attached hydrogens (tertiary/aromatic N) is 1. The summed E-state index contributed by atoms with van der Waals surface area (Å²) in [6, 6.07) is 8.18. The normalized spacial score (nSPS) is 45.7. The topological polar surface area (TPSA) is 153 Å². The van der Waals surface area contributed by atoms with Crippen LogP contribution in [0, 0.1) is 34.5 Å². The average Bonchev–Trinajstić information content (AvgIpc) is 3.45. The molecule has 6 aliphatic rings. The zero-order valence-corrected chi connectivity index (χ0v) is 34.2. The molecule has 6 fully saturated rings. The molecular weight excluding hydrogens is 757 g/mol. The number of likely N-dealkylation sites (tertiary alicyclic amines) is 1. The van der Waals surface area contributed by atoms with Crippen molar-refractivity contribution in [3.8, 4) is 0 Å². The maximum Gasteiger partial charge on any atom is 2.00 e. The Morgan fingerprint density at radius 3 is 2.20 bits per heavy atom. The third kappa shape index (κ3) is 5.79. The van der Waals surface area contributed by atoms with E-state index in [0.717, 1.165) is 0 Å². The van der Waals surface area contributed by atoms with E-state index in [9.17, 15) is 24.9 Å². The van der Waals surface area contributed by atoms with Gasteiger partial charge >= 0.3 is 49.7 Å². The third-order valence-corrected chi connectivity index (χ3v) is 13.2. The van der Waals surface area contributed by atoms with Crippen LogP contribution < -0.4 is 0 Å². The van der Waals surface area contributed by atoms with Crippen molar-refractivity contribution >= 4 is 84.5 Å². The number of fused-ring (bicyclic) bond motifs is 2. The standard InChI is InChI=1S/C34H47NO11.CHCl3.Ca.2H/c1-7-35-15-31(16-41-3)20(37)13-21(42-4)33-19-14-32(40)28(45-30(39)18-11-9-8-10-12-18)22(19)34(46-17(2)36,27(38)29(32)44-6)23(26(33)35)24(43-5)25(31)33;2-1(3)4;;;/h8-12,19-29,37-38,40H,7,13-16H2,1-6H3;1H;;;/q;;+2;2*-1/t19-,20-,21+,22-,23+,24+,25-,26?,27+,28-,29+,31+,32-,33+,34-;;;;/m1..../s1. The van der Waals surface area contributed by atoms with Gasteiger partial charge in [0.2, 0.25) is 0 Å². The number of aliphatic hydroxyl groups excluding tert-OH is 2. The van der Waals surface area contributed by atoms with Crippen LogP contribution in [0.15, 0.2) is 30.3 Å². The molecule has 1 aromatic carbocycles. The maximum absolute atomic E-state index is 13.8. The van der Waals surface area contributed by atoms with Gasteiger partial charge < -0.3 is 46.6 Å². The number of carbonyl (C=O) groups is 2. The summed E-state index contributed by atoms with van der Waals surface area (Å²) in [6.45, 7) is 4.68. The second-order valence-corrected chi connectivity index (χ2v) is 16.6. The van der Waals surface area contributed by atoms with E-state index in [1.165, 1.54) is 14.0 Å². The van der Waals surface area contributed by atoms with E-state index < -0.39 is 92.6 Å². The van der Waals surface area contributed by atoms with Crippen molar-refractivity contribution in [2.24, 2.45) is 34.5 Å². The summed E-state index contributed by atoms with van der Waals surface area (Å²) >= 11 is 14.4. The third-order valence-electron chi connectivity index (χ3n) is 13.2. The van der Waals surface area contributed by atoms with Crippen LogP contribution in [-0.4, -0.2) is 176 Å². The van der Waals surface area contributed by atoms with Gasteiger partial charge in [0.05, 0.1) is 30.5 Å². The Morgan fingerprint density at radius 2 is 1.67 bits per heavy atom. The number of ether oxygens (including phenoxy) is 6. The zero-order chi connectivity index (χ0) is 36.6. The number of methoxy groups -OCH3 is 4. The second-order valence-electron chi connectivity index (χ2n) is 14.7. The summed E-state index contributed by atoms with van der Waals surface area (Å²) in [4.78, 5) is 29.3. The van der Waals surface area contributed by atoms with Gasteiger partial charge in [-0.2, -0.15) is 0 Å². The van der Waals surface area contributed by atoms with E-state index in [4.69, 9.17) is 63.2 Å². The summed E-state index contributed by atoms with van der Waals surface area (Å²) in [6.07, 6.45) is -5.49. The minimum absolute atomic E-state index is 0. The number of aliphatic hydroxyl groups is 3. The summed E-state index contributed by atoms with van der Waals surface area (Å²) in [5.41, 5.74) is -4.79. The number of hydrogen-bond acceptors (Lipinski definition) is 12. The van der Waals surface area contributed by atoms with Gasteiger partial charge in [0, 0.05) is 83.0 Å². The number of esters is 2. The molecule has 15 atom stereocenters. The number of piperidine rings is 1.